The van der Waals surface area contributed by atoms with Gasteiger partial charge in [0, 0.05) is 18.5 Å². The first kappa shape index (κ1) is 19.4. The van der Waals surface area contributed by atoms with Gasteiger partial charge >= 0.3 is 5.69 Å². The van der Waals surface area contributed by atoms with Crippen molar-refractivity contribution in [3.05, 3.63) is 50.8 Å². The number of para-hydroxylation sites is 1. The number of anilines is 2. The molecule has 3 aromatic rings. The number of nitrogen functional groups attached to an aromatic ring is 1. The number of aromatic amines is 1. The Morgan fingerprint density at radius 1 is 1.29 bits per heavy atom. The number of unbranched alkanes of at least 4 members (excludes halogenated alkanes) is 1. The number of H-pyrrole nitrogens is 1. The van der Waals surface area contributed by atoms with Gasteiger partial charge in [-0.15, -0.1) is 0 Å². The molecule has 1 amide bonds. The lowest BCUT2D eigenvalue weighted by Gasteiger charge is -2.22. The van der Waals surface area contributed by atoms with Crippen LogP contribution in [-0.2, 0) is 17.8 Å². The van der Waals surface area contributed by atoms with Gasteiger partial charge in [-0.3, -0.25) is 19.1 Å². The summed E-state index contributed by atoms with van der Waals surface area (Å²) in [6.07, 6.45) is 1.52. The standard InChI is InChI=1S/C19H23N5O4/c1-3-5-10-24-17(20)16(18(26)21-19(24)27)23(4-2)15(25)11-13-12-8-6-7-9-14(12)28-22-13/h6-9H,3-5,10-11,20H2,1-2H3,(H,21,26,27). The van der Waals surface area contributed by atoms with E-state index in [9.17, 15) is 14.4 Å². The van der Waals surface area contributed by atoms with E-state index in [-0.39, 0.29) is 30.4 Å². The number of nitrogens with zero attached hydrogens (tertiary/aromatic N) is 3. The van der Waals surface area contributed by atoms with Crippen LogP contribution in [0.4, 0.5) is 11.5 Å². The van der Waals surface area contributed by atoms with Crippen molar-refractivity contribution < 1.29 is 9.32 Å². The molecule has 0 saturated carbocycles. The fraction of sp³-hybridized carbons (Fsp3) is 0.368. The van der Waals surface area contributed by atoms with Gasteiger partial charge in [0.05, 0.1) is 6.42 Å². The van der Waals surface area contributed by atoms with Crippen molar-refractivity contribution in [1.29, 1.82) is 0 Å². The second kappa shape index (κ2) is 8.12. The Bertz CT molecular complexity index is 1110. The van der Waals surface area contributed by atoms with Gasteiger partial charge in [0.15, 0.2) is 11.3 Å². The zero-order valence-electron chi connectivity index (χ0n) is 15.9. The molecule has 3 N–H and O–H groups in total. The van der Waals surface area contributed by atoms with Crippen LogP contribution in [0.3, 0.4) is 0 Å². The zero-order chi connectivity index (χ0) is 20.3. The number of hydrogen-bond acceptors (Lipinski definition) is 6. The predicted octanol–water partition coefficient (Wildman–Crippen LogP) is 1.66. The summed E-state index contributed by atoms with van der Waals surface area (Å²) in [6, 6.07) is 7.23. The summed E-state index contributed by atoms with van der Waals surface area (Å²) >= 11 is 0. The number of carbonyl (C=O) groups excluding carboxylic acids is 1. The van der Waals surface area contributed by atoms with Crippen molar-refractivity contribution in [2.75, 3.05) is 17.2 Å². The maximum absolute atomic E-state index is 12.9. The van der Waals surface area contributed by atoms with Crippen LogP contribution in [0.5, 0.6) is 0 Å². The van der Waals surface area contributed by atoms with Crippen LogP contribution < -0.4 is 21.9 Å². The smallest absolute Gasteiger partial charge is 0.330 e. The summed E-state index contributed by atoms with van der Waals surface area (Å²) in [5.41, 5.74) is 5.90. The normalized spacial score (nSPS) is 11.1. The Morgan fingerprint density at radius 2 is 2.04 bits per heavy atom. The van der Waals surface area contributed by atoms with Gasteiger partial charge in [0.1, 0.15) is 11.5 Å². The van der Waals surface area contributed by atoms with E-state index < -0.39 is 11.2 Å². The van der Waals surface area contributed by atoms with E-state index in [1.165, 1.54) is 9.47 Å². The average molecular weight is 385 g/mol. The lowest BCUT2D eigenvalue weighted by atomic mass is 10.1. The van der Waals surface area contributed by atoms with E-state index in [1.54, 1.807) is 13.0 Å². The molecule has 0 unspecified atom stereocenters. The molecule has 0 fully saturated rings. The quantitative estimate of drug-likeness (QED) is 0.637. The van der Waals surface area contributed by atoms with Crippen LogP contribution in [0, 0.1) is 0 Å². The Hall–Kier alpha value is -3.36. The van der Waals surface area contributed by atoms with Gasteiger partial charge in [0.25, 0.3) is 5.56 Å². The van der Waals surface area contributed by atoms with Gasteiger partial charge < -0.3 is 15.2 Å². The molecule has 148 valence electrons. The average Bonchev–Trinajstić information content (AvgIpc) is 3.07. The second-order valence-corrected chi connectivity index (χ2v) is 6.44. The molecule has 1 aromatic carbocycles. The summed E-state index contributed by atoms with van der Waals surface area (Å²) in [5, 5.41) is 4.71. The van der Waals surface area contributed by atoms with E-state index in [4.69, 9.17) is 10.3 Å². The molecule has 0 atom stereocenters. The summed E-state index contributed by atoms with van der Waals surface area (Å²) in [7, 11) is 0. The van der Waals surface area contributed by atoms with Crippen LogP contribution >= 0.6 is 0 Å². The molecular weight excluding hydrogens is 362 g/mol. The second-order valence-electron chi connectivity index (χ2n) is 6.44. The maximum atomic E-state index is 12.9. The molecule has 9 nitrogen and oxygen atoms in total. The van der Waals surface area contributed by atoms with Gasteiger partial charge in [0.2, 0.25) is 5.91 Å². The molecule has 0 saturated heterocycles. The van der Waals surface area contributed by atoms with Crippen molar-refractivity contribution in [3.63, 3.8) is 0 Å². The van der Waals surface area contributed by atoms with E-state index in [0.717, 1.165) is 18.2 Å². The van der Waals surface area contributed by atoms with E-state index in [2.05, 4.69) is 10.1 Å². The fourth-order valence-electron chi connectivity index (χ4n) is 3.14. The molecule has 0 aliphatic heterocycles. The van der Waals surface area contributed by atoms with E-state index >= 15 is 0 Å². The van der Waals surface area contributed by atoms with E-state index in [0.29, 0.717) is 17.8 Å². The number of nitrogens with one attached hydrogen (secondary N) is 1. The number of aromatic nitrogens is 3. The number of likely N-dealkylation sites (N-methyl/N-ethyl adjacent to an activating group) is 1. The SMILES string of the molecule is CCCCn1c(N)c(N(CC)C(=O)Cc2noc3ccccc23)c(=O)[nH]c1=O. The van der Waals surface area contributed by atoms with Crippen molar-refractivity contribution in [3.8, 4) is 0 Å². The molecule has 0 bridgehead atoms. The van der Waals surface area contributed by atoms with Crippen LogP contribution in [0.15, 0.2) is 38.4 Å². The number of benzene rings is 1. The molecule has 2 heterocycles. The first-order chi connectivity index (χ1) is 13.5. The molecule has 3 rings (SSSR count). The first-order valence-corrected chi connectivity index (χ1v) is 9.24. The van der Waals surface area contributed by atoms with Gasteiger partial charge in [-0.1, -0.05) is 30.6 Å². The third kappa shape index (κ3) is 3.55. The number of nitrogens with two attached hydrogens (primary N) is 1. The third-order valence-corrected chi connectivity index (χ3v) is 4.61. The van der Waals surface area contributed by atoms with Crippen LogP contribution in [0.25, 0.3) is 11.0 Å². The molecule has 0 aliphatic carbocycles. The number of hydrogen-bond donors (Lipinski definition) is 2. The van der Waals surface area contributed by atoms with Gasteiger partial charge in [-0.25, -0.2) is 4.79 Å². The molecule has 28 heavy (non-hydrogen) atoms. The van der Waals surface area contributed by atoms with E-state index in [1.807, 2.05) is 25.1 Å². The molecule has 2 aromatic heterocycles. The highest BCUT2D eigenvalue weighted by atomic mass is 16.5. The number of fused-ring (bicyclic) bond motifs is 1. The summed E-state index contributed by atoms with van der Waals surface area (Å²) in [4.78, 5) is 41.0. The van der Waals surface area contributed by atoms with Crippen molar-refractivity contribution in [2.45, 2.75) is 39.7 Å². The minimum Gasteiger partial charge on any atom is -0.383 e. The summed E-state index contributed by atoms with van der Waals surface area (Å²) in [6.45, 7) is 4.30. The third-order valence-electron chi connectivity index (χ3n) is 4.61. The summed E-state index contributed by atoms with van der Waals surface area (Å²) < 4.78 is 6.53. The molecule has 0 spiro atoms. The predicted molar refractivity (Wildman–Crippen MR) is 106 cm³/mol. The maximum Gasteiger partial charge on any atom is 0.330 e. The lowest BCUT2D eigenvalue weighted by Crippen LogP contribution is -2.41. The highest BCUT2D eigenvalue weighted by Gasteiger charge is 2.24. The minimum atomic E-state index is -0.685. The fourth-order valence-corrected chi connectivity index (χ4v) is 3.14. The van der Waals surface area contributed by atoms with Gasteiger partial charge in [-0.05, 0) is 25.5 Å². The highest BCUT2D eigenvalue weighted by molar-refractivity contribution is 5.98. The summed E-state index contributed by atoms with van der Waals surface area (Å²) in [5.74, 6) is -0.373. The minimum absolute atomic E-state index is 0.0117. The molecule has 0 radical (unpaired) electrons. The Kier molecular flexibility index (Phi) is 5.62. The van der Waals surface area contributed by atoms with Crippen LogP contribution in [0.2, 0.25) is 0 Å². The molecule has 0 aliphatic rings. The van der Waals surface area contributed by atoms with Crippen molar-refractivity contribution >= 4 is 28.4 Å². The number of carbonyl (C=O) groups is 1. The Balaban J connectivity index is 1.97. The Morgan fingerprint density at radius 3 is 2.75 bits per heavy atom. The van der Waals surface area contributed by atoms with Gasteiger partial charge in [-0.2, -0.15) is 0 Å². The molecule has 9 heteroatoms. The number of amides is 1. The van der Waals surface area contributed by atoms with Crippen molar-refractivity contribution in [2.24, 2.45) is 0 Å². The largest absolute Gasteiger partial charge is 0.383 e. The lowest BCUT2D eigenvalue weighted by molar-refractivity contribution is -0.118. The first-order valence-electron chi connectivity index (χ1n) is 9.24. The van der Waals surface area contributed by atoms with Crippen LogP contribution in [0.1, 0.15) is 32.4 Å². The molecular formula is C19H23N5O4. The highest BCUT2D eigenvalue weighted by Crippen LogP contribution is 2.21. The number of rotatable bonds is 7. The van der Waals surface area contributed by atoms with Crippen LogP contribution in [-0.4, -0.2) is 27.2 Å². The zero-order valence-corrected chi connectivity index (χ0v) is 15.9. The monoisotopic (exact) mass is 385 g/mol. The Labute approximate surface area is 160 Å². The van der Waals surface area contributed by atoms with Crippen molar-refractivity contribution in [1.82, 2.24) is 14.7 Å². The topological polar surface area (TPSA) is 127 Å².